The molecule has 3 rings (SSSR count). The van der Waals surface area contributed by atoms with Crippen molar-refractivity contribution in [2.45, 2.75) is 6.42 Å². The van der Waals surface area contributed by atoms with Gasteiger partial charge in [0.1, 0.15) is 11.5 Å². The zero-order valence-electron chi connectivity index (χ0n) is 15.5. The summed E-state index contributed by atoms with van der Waals surface area (Å²) in [5.41, 5.74) is 1.70. The maximum absolute atomic E-state index is 12.2. The number of carbonyl (C=O) groups excluding carboxylic acids is 2. The maximum atomic E-state index is 12.2. The van der Waals surface area contributed by atoms with E-state index in [9.17, 15) is 9.59 Å². The van der Waals surface area contributed by atoms with Gasteiger partial charge in [-0.2, -0.15) is 5.26 Å². The number of nitriles is 1. The lowest BCUT2D eigenvalue weighted by Gasteiger charge is -2.09. The molecule has 0 fully saturated rings. The molecule has 0 aliphatic heterocycles. The van der Waals surface area contributed by atoms with E-state index in [2.05, 4.69) is 11.4 Å². The number of hydrogen-bond acceptors (Lipinski definition) is 5. The molecule has 1 amide bonds. The predicted octanol–water partition coefficient (Wildman–Crippen LogP) is 4.34. The molecule has 0 atom stereocenters. The molecule has 3 aromatic carbocycles. The van der Waals surface area contributed by atoms with Crippen LogP contribution in [0.3, 0.4) is 0 Å². The quantitative estimate of drug-likeness (QED) is 0.610. The Morgan fingerprint density at radius 1 is 0.897 bits per heavy atom. The average Bonchev–Trinajstić information content (AvgIpc) is 2.74. The largest absolute Gasteiger partial charge is 0.457 e. The summed E-state index contributed by atoms with van der Waals surface area (Å²) in [6.07, 6.45) is 0.304. The monoisotopic (exact) mass is 386 g/mol. The zero-order chi connectivity index (χ0) is 20.5. The van der Waals surface area contributed by atoms with E-state index in [1.165, 1.54) is 0 Å². The highest BCUT2D eigenvalue weighted by Crippen LogP contribution is 2.22. The fraction of sp³-hybridized carbons (Fsp3) is 0.0870. The molecule has 0 aliphatic carbocycles. The number of amides is 1. The summed E-state index contributed by atoms with van der Waals surface area (Å²) < 4.78 is 10.8. The molecule has 144 valence electrons. The van der Waals surface area contributed by atoms with E-state index in [-0.39, 0.29) is 5.56 Å². The summed E-state index contributed by atoms with van der Waals surface area (Å²) in [7, 11) is 0. The second-order valence-electron chi connectivity index (χ2n) is 6.10. The number of rotatable bonds is 7. The van der Waals surface area contributed by atoms with Crippen molar-refractivity contribution in [2.24, 2.45) is 0 Å². The molecule has 3 aromatic rings. The molecular formula is C23H18N2O4. The number of anilines is 1. The van der Waals surface area contributed by atoms with E-state index in [4.69, 9.17) is 14.7 Å². The Morgan fingerprint density at radius 3 is 2.34 bits per heavy atom. The molecule has 0 saturated carbocycles. The lowest BCUT2D eigenvalue weighted by molar-refractivity contribution is -0.119. The van der Waals surface area contributed by atoms with Crippen molar-refractivity contribution in [2.75, 3.05) is 11.9 Å². The first-order chi connectivity index (χ1) is 14.1. The molecule has 0 aromatic heterocycles. The first-order valence-corrected chi connectivity index (χ1v) is 8.90. The Labute approximate surface area is 168 Å². The van der Waals surface area contributed by atoms with Crippen LogP contribution in [0.4, 0.5) is 5.69 Å². The van der Waals surface area contributed by atoms with E-state index >= 15 is 0 Å². The van der Waals surface area contributed by atoms with Gasteiger partial charge in [-0.3, -0.25) is 4.79 Å². The van der Waals surface area contributed by atoms with Gasteiger partial charge in [0.05, 0.1) is 18.1 Å². The van der Waals surface area contributed by atoms with Crippen LogP contribution in [0.2, 0.25) is 0 Å². The standard InChI is InChI=1S/C23H18N2O4/c24-14-13-17-9-11-19(12-10-17)25-22(26)16-28-23(27)18-5-4-8-21(15-18)29-20-6-2-1-3-7-20/h1-12,15H,13,16H2,(H,25,26). The number of nitrogens with zero attached hydrogens (tertiary/aromatic N) is 1. The molecule has 0 heterocycles. The summed E-state index contributed by atoms with van der Waals surface area (Å²) >= 11 is 0. The zero-order valence-corrected chi connectivity index (χ0v) is 15.5. The van der Waals surface area contributed by atoms with Gasteiger partial charge >= 0.3 is 5.97 Å². The van der Waals surface area contributed by atoms with Crippen molar-refractivity contribution in [3.8, 4) is 17.6 Å². The normalized spacial score (nSPS) is 9.90. The molecule has 0 saturated heterocycles. The van der Waals surface area contributed by atoms with Crippen LogP contribution in [0.5, 0.6) is 11.5 Å². The van der Waals surface area contributed by atoms with Crippen molar-refractivity contribution >= 4 is 17.6 Å². The Morgan fingerprint density at radius 2 is 1.62 bits per heavy atom. The predicted molar refractivity (Wildman–Crippen MR) is 108 cm³/mol. The van der Waals surface area contributed by atoms with E-state index < -0.39 is 18.5 Å². The van der Waals surface area contributed by atoms with E-state index in [1.54, 1.807) is 48.5 Å². The molecule has 0 unspecified atom stereocenters. The van der Waals surface area contributed by atoms with Gasteiger partial charge in [0.2, 0.25) is 0 Å². The van der Waals surface area contributed by atoms with Crippen LogP contribution in [-0.4, -0.2) is 18.5 Å². The summed E-state index contributed by atoms with van der Waals surface area (Å²) in [5.74, 6) is 0.0665. The molecular weight excluding hydrogens is 368 g/mol. The number of nitrogens with one attached hydrogen (secondary N) is 1. The van der Waals surface area contributed by atoms with Gasteiger partial charge in [0, 0.05) is 5.69 Å². The smallest absolute Gasteiger partial charge is 0.338 e. The van der Waals surface area contributed by atoms with Crippen molar-refractivity contribution in [3.05, 3.63) is 90.0 Å². The van der Waals surface area contributed by atoms with Crippen LogP contribution in [0.15, 0.2) is 78.9 Å². The Kier molecular flexibility index (Phi) is 6.58. The van der Waals surface area contributed by atoms with Crippen LogP contribution >= 0.6 is 0 Å². The van der Waals surface area contributed by atoms with Crippen LogP contribution < -0.4 is 10.1 Å². The third-order valence-electron chi connectivity index (χ3n) is 3.90. The van der Waals surface area contributed by atoms with Gasteiger partial charge < -0.3 is 14.8 Å². The van der Waals surface area contributed by atoms with E-state index in [0.717, 1.165) is 5.56 Å². The van der Waals surface area contributed by atoms with Crippen LogP contribution in [0, 0.1) is 11.3 Å². The second-order valence-corrected chi connectivity index (χ2v) is 6.10. The van der Waals surface area contributed by atoms with Gasteiger partial charge in [-0.25, -0.2) is 4.79 Å². The van der Waals surface area contributed by atoms with Crippen molar-refractivity contribution in [1.29, 1.82) is 5.26 Å². The van der Waals surface area contributed by atoms with E-state index in [0.29, 0.717) is 23.6 Å². The van der Waals surface area contributed by atoms with Crippen molar-refractivity contribution in [3.63, 3.8) is 0 Å². The third kappa shape index (κ3) is 5.94. The van der Waals surface area contributed by atoms with Crippen molar-refractivity contribution < 1.29 is 19.1 Å². The minimum absolute atomic E-state index is 0.284. The molecule has 0 spiro atoms. The van der Waals surface area contributed by atoms with Gasteiger partial charge in [-0.05, 0) is 48.0 Å². The topological polar surface area (TPSA) is 88.4 Å². The first kappa shape index (κ1) is 19.6. The van der Waals surface area contributed by atoms with Crippen LogP contribution in [-0.2, 0) is 16.0 Å². The number of benzene rings is 3. The second kappa shape index (κ2) is 9.72. The highest BCUT2D eigenvalue weighted by atomic mass is 16.5. The van der Waals surface area contributed by atoms with Gasteiger partial charge in [-0.1, -0.05) is 36.4 Å². The lowest BCUT2D eigenvalue weighted by Crippen LogP contribution is -2.20. The van der Waals surface area contributed by atoms with Crippen LogP contribution in [0.1, 0.15) is 15.9 Å². The van der Waals surface area contributed by atoms with Gasteiger partial charge in [-0.15, -0.1) is 0 Å². The number of hydrogen-bond donors (Lipinski definition) is 1. The number of ether oxygens (including phenoxy) is 2. The fourth-order valence-corrected chi connectivity index (χ4v) is 2.52. The molecule has 1 N–H and O–H groups in total. The Balaban J connectivity index is 1.53. The van der Waals surface area contributed by atoms with Crippen LogP contribution in [0.25, 0.3) is 0 Å². The number of esters is 1. The van der Waals surface area contributed by atoms with E-state index in [1.807, 2.05) is 30.3 Å². The lowest BCUT2D eigenvalue weighted by atomic mass is 10.1. The molecule has 0 radical (unpaired) electrons. The average molecular weight is 386 g/mol. The highest BCUT2D eigenvalue weighted by molar-refractivity contribution is 5.95. The minimum Gasteiger partial charge on any atom is -0.457 e. The summed E-state index contributed by atoms with van der Waals surface area (Å²) in [4.78, 5) is 24.2. The van der Waals surface area contributed by atoms with Gasteiger partial charge in [0.25, 0.3) is 5.91 Å². The SMILES string of the molecule is N#CCc1ccc(NC(=O)COC(=O)c2cccc(Oc3ccccc3)c2)cc1. The summed E-state index contributed by atoms with van der Waals surface area (Å²) in [6, 6.07) is 24.7. The maximum Gasteiger partial charge on any atom is 0.338 e. The Bertz CT molecular complexity index is 1020. The number of carbonyl (C=O) groups is 2. The third-order valence-corrected chi connectivity index (χ3v) is 3.90. The molecule has 6 nitrogen and oxygen atoms in total. The Hall–Kier alpha value is -4.11. The molecule has 6 heteroatoms. The summed E-state index contributed by atoms with van der Waals surface area (Å²) in [6.45, 7) is -0.414. The number of para-hydroxylation sites is 1. The molecule has 29 heavy (non-hydrogen) atoms. The fourth-order valence-electron chi connectivity index (χ4n) is 2.52. The summed E-state index contributed by atoms with van der Waals surface area (Å²) in [5, 5.41) is 11.3. The van der Waals surface area contributed by atoms with Gasteiger partial charge in [0.15, 0.2) is 6.61 Å². The first-order valence-electron chi connectivity index (χ1n) is 8.90. The molecule has 0 bridgehead atoms. The molecule has 0 aliphatic rings. The minimum atomic E-state index is -0.622. The highest BCUT2D eigenvalue weighted by Gasteiger charge is 2.12. The van der Waals surface area contributed by atoms with Crippen molar-refractivity contribution in [1.82, 2.24) is 0 Å².